The second-order valence-corrected chi connectivity index (χ2v) is 7.26. The number of rotatable bonds is 4. The zero-order valence-corrected chi connectivity index (χ0v) is 13.2. The highest BCUT2D eigenvalue weighted by Gasteiger charge is 2.11. The third kappa shape index (κ3) is 2.80. The minimum absolute atomic E-state index is 0.467. The van der Waals surface area contributed by atoms with Crippen LogP contribution in [0.25, 0.3) is 10.9 Å². The standard InChI is InChI=1S/C13H12N4S3/c1-18-12-16-17-13(20-12)19-11-9(7-14)6-8-4-2-3-5-10(8)15-11/h2-6H,7,14H2,1H3. The van der Waals surface area contributed by atoms with E-state index in [0.717, 1.165) is 30.2 Å². The number of aromatic nitrogens is 3. The maximum Gasteiger partial charge on any atom is 0.181 e. The van der Waals surface area contributed by atoms with Gasteiger partial charge in [-0.15, -0.1) is 10.2 Å². The number of pyridine rings is 1. The summed E-state index contributed by atoms with van der Waals surface area (Å²) in [5.41, 5.74) is 7.85. The van der Waals surface area contributed by atoms with Gasteiger partial charge in [0.25, 0.3) is 0 Å². The van der Waals surface area contributed by atoms with Gasteiger partial charge < -0.3 is 5.73 Å². The summed E-state index contributed by atoms with van der Waals surface area (Å²) in [4.78, 5) is 4.69. The minimum atomic E-state index is 0.467. The number of nitrogens with zero attached hydrogens (tertiary/aromatic N) is 3. The first-order chi connectivity index (χ1) is 9.80. The Bertz CT molecular complexity index is 741. The van der Waals surface area contributed by atoms with Crippen LogP contribution >= 0.6 is 34.9 Å². The Kier molecular flexibility index (Phi) is 4.21. The van der Waals surface area contributed by atoms with Crippen molar-refractivity contribution in [3.05, 3.63) is 35.9 Å². The molecule has 0 saturated heterocycles. The van der Waals surface area contributed by atoms with Crippen LogP contribution in [-0.2, 0) is 6.54 Å². The lowest BCUT2D eigenvalue weighted by atomic mass is 10.1. The molecule has 2 aromatic heterocycles. The van der Waals surface area contributed by atoms with E-state index in [0.29, 0.717) is 6.54 Å². The molecule has 1 aromatic carbocycles. The SMILES string of the molecule is CSc1nnc(Sc2nc3ccccc3cc2CN)s1. The largest absolute Gasteiger partial charge is 0.326 e. The quantitative estimate of drug-likeness (QED) is 0.743. The Morgan fingerprint density at radius 2 is 2.00 bits per heavy atom. The molecule has 0 fully saturated rings. The van der Waals surface area contributed by atoms with E-state index in [9.17, 15) is 0 Å². The lowest BCUT2D eigenvalue weighted by Crippen LogP contribution is -2.00. The molecule has 102 valence electrons. The molecule has 3 rings (SSSR count). The number of hydrogen-bond acceptors (Lipinski definition) is 7. The summed E-state index contributed by atoms with van der Waals surface area (Å²) in [6, 6.07) is 10.1. The van der Waals surface area contributed by atoms with E-state index in [1.165, 1.54) is 11.8 Å². The number of para-hydroxylation sites is 1. The number of fused-ring (bicyclic) bond motifs is 1. The van der Waals surface area contributed by atoms with Gasteiger partial charge in [-0.3, -0.25) is 0 Å². The molecule has 0 radical (unpaired) electrons. The summed E-state index contributed by atoms with van der Waals surface area (Å²) in [7, 11) is 0. The van der Waals surface area contributed by atoms with Gasteiger partial charge in [0.2, 0.25) is 0 Å². The first kappa shape index (κ1) is 13.8. The van der Waals surface area contributed by atoms with Crippen molar-refractivity contribution in [3.8, 4) is 0 Å². The predicted molar refractivity (Wildman–Crippen MR) is 85.4 cm³/mol. The van der Waals surface area contributed by atoms with Gasteiger partial charge in [0.05, 0.1) is 5.52 Å². The normalized spacial score (nSPS) is 11.1. The fraction of sp³-hybridized carbons (Fsp3) is 0.154. The first-order valence-electron chi connectivity index (χ1n) is 5.94. The molecule has 3 aromatic rings. The van der Waals surface area contributed by atoms with Gasteiger partial charge in [-0.1, -0.05) is 41.3 Å². The van der Waals surface area contributed by atoms with Crippen LogP contribution in [0.1, 0.15) is 5.56 Å². The van der Waals surface area contributed by atoms with Crippen molar-refractivity contribution in [1.29, 1.82) is 0 Å². The summed E-state index contributed by atoms with van der Waals surface area (Å²) < 4.78 is 1.86. The van der Waals surface area contributed by atoms with Gasteiger partial charge in [0.15, 0.2) is 8.68 Å². The Labute approximate surface area is 129 Å². The van der Waals surface area contributed by atoms with Crippen molar-refractivity contribution >= 4 is 45.8 Å². The van der Waals surface area contributed by atoms with E-state index in [1.54, 1.807) is 23.1 Å². The lowest BCUT2D eigenvalue weighted by Gasteiger charge is -2.06. The van der Waals surface area contributed by atoms with Gasteiger partial charge >= 0.3 is 0 Å². The molecule has 0 bridgehead atoms. The molecule has 0 aliphatic heterocycles. The van der Waals surface area contributed by atoms with Gasteiger partial charge in [0, 0.05) is 11.9 Å². The third-order valence-corrected chi connectivity index (χ3v) is 5.73. The van der Waals surface area contributed by atoms with Crippen molar-refractivity contribution < 1.29 is 0 Å². The first-order valence-corrected chi connectivity index (χ1v) is 8.80. The number of thioether (sulfide) groups is 1. The monoisotopic (exact) mass is 320 g/mol. The van der Waals surface area contributed by atoms with E-state index in [-0.39, 0.29) is 0 Å². The van der Waals surface area contributed by atoms with Gasteiger partial charge in [-0.2, -0.15) is 0 Å². The third-order valence-electron chi connectivity index (χ3n) is 2.73. The van der Waals surface area contributed by atoms with E-state index in [1.807, 2.05) is 30.5 Å². The van der Waals surface area contributed by atoms with Gasteiger partial charge in [0.1, 0.15) is 5.03 Å². The summed E-state index contributed by atoms with van der Waals surface area (Å²) >= 11 is 4.70. The number of hydrogen-bond donors (Lipinski definition) is 1. The van der Waals surface area contributed by atoms with Crippen LogP contribution < -0.4 is 5.73 Å². The van der Waals surface area contributed by atoms with E-state index >= 15 is 0 Å². The molecule has 0 atom stereocenters. The highest BCUT2D eigenvalue weighted by Crippen LogP contribution is 2.34. The van der Waals surface area contributed by atoms with Crippen molar-refractivity contribution in [3.63, 3.8) is 0 Å². The summed E-state index contributed by atoms with van der Waals surface area (Å²) in [5, 5.41) is 10.3. The van der Waals surface area contributed by atoms with Crippen LogP contribution in [-0.4, -0.2) is 21.4 Å². The Balaban J connectivity index is 2.00. The average Bonchev–Trinajstić information content (AvgIpc) is 2.94. The molecular formula is C13H12N4S3. The molecule has 4 nitrogen and oxygen atoms in total. The van der Waals surface area contributed by atoms with Crippen molar-refractivity contribution in [1.82, 2.24) is 15.2 Å². The minimum Gasteiger partial charge on any atom is -0.326 e. The second kappa shape index (κ2) is 6.09. The van der Waals surface area contributed by atoms with Gasteiger partial charge in [-0.05, 0) is 35.7 Å². The van der Waals surface area contributed by atoms with Crippen LogP contribution in [0.15, 0.2) is 44.0 Å². The molecule has 0 saturated carbocycles. The summed E-state index contributed by atoms with van der Waals surface area (Å²) in [6.45, 7) is 0.467. The molecule has 2 heterocycles. The van der Waals surface area contributed by atoms with Crippen molar-refractivity contribution in [2.75, 3.05) is 6.26 Å². The van der Waals surface area contributed by atoms with Gasteiger partial charge in [-0.25, -0.2) is 4.98 Å². The molecule has 2 N–H and O–H groups in total. The Morgan fingerprint density at radius 1 is 1.20 bits per heavy atom. The van der Waals surface area contributed by atoms with Crippen LogP contribution in [0.4, 0.5) is 0 Å². The summed E-state index contributed by atoms with van der Waals surface area (Å²) in [6.07, 6.45) is 1.99. The highest BCUT2D eigenvalue weighted by molar-refractivity contribution is 8.03. The predicted octanol–water partition coefficient (Wildman–Crippen LogP) is 3.42. The van der Waals surface area contributed by atoms with E-state index < -0.39 is 0 Å². The van der Waals surface area contributed by atoms with E-state index in [2.05, 4.69) is 16.3 Å². The molecule has 7 heteroatoms. The molecule has 0 aliphatic carbocycles. The highest BCUT2D eigenvalue weighted by atomic mass is 32.2. The molecule has 0 spiro atoms. The Morgan fingerprint density at radius 3 is 2.75 bits per heavy atom. The fourth-order valence-corrected chi connectivity index (χ4v) is 4.25. The topological polar surface area (TPSA) is 64.7 Å². The maximum absolute atomic E-state index is 5.84. The maximum atomic E-state index is 5.84. The lowest BCUT2D eigenvalue weighted by molar-refractivity contribution is 0.946. The van der Waals surface area contributed by atoms with Crippen LogP contribution in [0.2, 0.25) is 0 Å². The fourth-order valence-electron chi connectivity index (χ4n) is 1.78. The van der Waals surface area contributed by atoms with Crippen molar-refractivity contribution in [2.24, 2.45) is 5.73 Å². The van der Waals surface area contributed by atoms with Crippen molar-refractivity contribution in [2.45, 2.75) is 20.3 Å². The number of benzene rings is 1. The molecular weight excluding hydrogens is 308 g/mol. The zero-order valence-electron chi connectivity index (χ0n) is 10.7. The molecule has 0 unspecified atom stereocenters. The molecule has 20 heavy (non-hydrogen) atoms. The van der Waals surface area contributed by atoms with Crippen LogP contribution in [0, 0.1) is 0 Å². The molecule has 0 amide bonds. The number of nitrogens with two attached hydrogens (primary N) is 1. The van der Waals surface area contributed by atoms with E-state index in [4.69, 9.17) is 10.7 Å². The second-order valence-electron chi connectivity index (χ2n) is 3.99. The average molecular weight is 320 g/mol. The summed E-state index contributed by atoms with van der Waals surface area (Å²) in [5.74, 6) is 0. The Hall–Kier alpha value is -1.15. The van der Waals surface area contributed by atoms with Crippen LogP contribution in [0.3, 0.4) is 0 Å². The smallest absolute Gasteiger partial charge is 0.181 e. The van der Waals surface area contributed by atoms with Crippen LogP contribution in [0.5, 0.6) is 0 Å². The molecule has 0 aliphatic rings. The zero-order chi connectivity index (χ0) is 13.9.